The van der Waals surface area contributed by atoms with E-state index >= 15 is 0 Å². The predicted molar refractivity (Wildman–Crippen MR) is 151 cm³/mol. The Morgan fingerprint density at radius 1 is 1.02 bits per heavy atom. The van der Waals surface area contributed by atoms with Gasteiger partial charge in [-0.15, -0.1) is 0 Å². The Bertz CT molecular complexity index is 1570. The van der Waals surface area contributed by atoms with E-state index in [0.717, 1.165) is 22.4 Å². The molecule has 0 bridgehead atoms. The van der Waals surface area contributed by atoms with Crippen LogP contribution in [0.3, 0.4) is 0 Å². The number of nitrogens with one attached hydrogen (secondary N) is 2. The molecule has 204 valence electrons. The zero-order valence-corrected chi connectivity index (χ0v) is 22.2. The van der Waals surface area contributed by atoms with Crippen LogP contribution in [0.1, 0.15) is 34.9 Å². The molecule has 4 aromatic rings. The van der Waals surface area contributed by atoms with Crippen molar-refractivity contribution in [1.29, 1.82) is 0 Å². The first kappa shape index (κ1) is 27.0. The van der Waals surface area contributed by atoms with Gasteiger partial charge in [0.15, 0.2) is 0 Å². The second-order valence-electron chi connectivity index (χ2n) is 9.71. The fourth-order valence-electron chi connectivity index (χ4n) is 5.33. The molecular weight excluding hydrogens is 508 g/mol. The van der Waals surface area contributed by atoms with Gasteiger partial charge in [-0.1, -0.05) is 77.9 Å². The maximum absolute atomic E-state index is 12.6. The van der Waals surface area contributed by atoms with Crippen LogP contribution in [0.15, 0.2) is 106 Å². The lowest BCUT2D eigenvalue weighted by molar-refractivity contribution is -0.00397. The van der Waals surface area contributed by atoms with Crippen molar-refractivity contribution in [2.24, 2.45) is 5.11 Å². The quantitative estimate of drug-likeness (QED) is 0.141. The van der Waals surface area contributed by atoms with E-state index in [1.807, 2.05) is 60.7 Å². The Hall–Kier alpha value is -4.63. The van der Waals surface area contributed by atoms with Gasteiger partial charge >= 0.3 is 5.69 Å². The van der Waals surface area contributed by atoms with Gasteiger partial charge < -0.3 is 9.47 Å². The maximum Gasteiger partial charge on any atom is 0.330 e. The summed E-state index contributed by atoms with van der Waals surface area (Å²) in [6.45, 7) is 1.92. The van der Waals surface area contributed by atoms with Crippen LogP contribution < -0.4 is 21.3 Å². The van der Waals surface area contributed by atoms with E-state index in [9.17, 15) is 15.1 Å². The molecule has 10 heteroatoms. The summed E-state index contributed by atoms with van der Waals surface area (Å²) in [4.78, 5) is 29.8. The van der Waals surface area contributed by atoms with E-state index in [1.165, 1.54) is 10.8 Å². The van der Waals surface area contributed by atoms with Crippen LogP contribution in [0.25, 0.3) is 10.4 Å². The molecule has 0 unspecified atom stereocenters. The molecule has 5 rings (SSSR count). The average Bonchev–Trinajstić information content (AvgIpc) is 3.39. The van der Waals surface area contributed by atoms with Gasteiger partial charge in [-0.25, -0.2) is 4.79 Å². The Balaban J connectivity index is 1.56. The van der Waals surface area contributed by atoms with E-state index in [-0.39, 0.29) is 6.42 Å². The van der Waals surface area contributed by atoms with Crippen molar-refractivity contribution in [1.82, 2.24) is 14.9 Å². The van der Waals surface area contributed by atoms with Crippen LogP contribution in [0.5, 0.6) is 5.75 Å². The number of methoxy groups -OCH3 is 1. The summed E-state index contributed by atoms with van der Waals surface area (Å²) in [5.41, 5.74) is 10.9. The van der Waals surface area contributed by atoms with Crippen LogP contribution in [0, 0.1) is 6.92 Å². The molecule has 0 amide bonds. The molecule has 0 spiro atoms. The number of aryl methyl sites for hydroxylation is 1. The molecule has 2 heterocycles. The Kier molecular flexibility index (Phi) is 7.84. The average molecular weight is 539 g/mol. The number of H-pyrrole nitrogens is 1. The Morgan fingerprint density at radius 3 is 2.20 bits per heavy atom. The number of aromatic nitrogens is 2. The normalized spacial score (nSPS) is 18.7. The van der Waals surface area contributed by atoms with Crippen molar-refractivity contribution in [2.45, 2.75) is 37.3 Å². The molecule has 0 aliphatic carbocycles. The number of aromatic amines is 1. The summed E-state index contributed by atoms with van der Waals surface area (Å²) in [6.07, 6.45) is 0.512. The number of nitrogens with zero attached hydrogens (tertiary/aromatic N) is 4. The second kappa shape index (κ2) is 11.6. The first-order chi connectivity index (χ1) is 19.5. The largest absolute Gasteiger partial charge is 0.497 e. The molecule has 2 N–H and O–H groups in total. The van der Waals surface area contributed by atoms with Crippen molar-refractivity contribution in [2.75, 3.05) is 13.7 Å². The van der Waals surface area contributed by atoms with Crippen LogP contribution in [0.4, 0.5) is 0 Å². The van der Waals surface area contributed by atoms with Crippen LogP contribution in [0.2, 0.25) is 0 Å². The van der Waals surface area contributed by atoms with Crippen molar-refractivity contribution in [3.8, 4) is 5.75 Å². The van der Waals surface area contributed by atoms with Gasteiger partial charge in [0.05, 0.1) is 24.8 Å². The molecule has 1 fully saturated rings. The summed E-state index contributed by atoms with van der Waals surface area (Å²) in [6, 6.07) is 27.5. The number of benzene rings is 3. The fourth-order valence-corrected chi connectivity index (χ4v) is 5.33. The van der Waals surface area contributed by atoms with Crippen molar-refractivity contribution < 1.29 is 9.47 Å². The predicted octanol–water partition coefficient (Wildman–Crippen LogP) is 4.40. The summed E-state index contributed by atoms with van der Waals surface area (Å²) in [5, 5.41) is 7.77. The van der Waals surface area contributed by atoms with Gasteiger partial charge in [-0.05, 0) is 41.3 Å². The molecule has 1 aliphatic rings. The fraction of sp³-hybridized carbons (Fsp3) is 0.267. The molecule has 1 aliphatic heterocycles. The Labute approximate surface area is 230 Å². The number of rotatable bonds is 9. The lowest BCUT2D eigenvalue weighted by Gasteiger charge is -2.38. The minimum atomic E-state index is -0.789. The highest BCUT2D eigenvalue weighted by Crippen LogP contribution is 2.38. The van der Waals surface area contributed by atoms with E-state index in [4.69, 9.17) is 9.47 Å². The van der Waals surface area contributed by atoms with Crippen LogP contribution in [-0.2, 0) is 10.3 Å². The van der Waals surface area contributed by atoms with Crippen molar-refractivity contribution in [3.05, 3.63) is 145 Å². The third-order valence-corrected chi connectivity index (χ3v) is 7.37. The first-order valence-corrected chi connectivity index (χ1v) is 13.0. The number of hydrogen-bond donors (Lipinski definition) is 2. The monoisotopic (exact) mass is 538 g/mol. The van der Waals surface area contributed by atoms with Crippen LogP contribution >= 0.6 is 0 Å². The summed E-state index contributed by atoms with van der Waals surface area (Å²) < 4.78 is 13.1. The third-order valence-electron chi connectivity index (χ3n) is 7.37. The van der Waals surface area contributed by atoms with Gasteiger partial charge in [0.25, 0.3) is 5.56 Å². The summed E-state index contributed by atoms with van der Waals surface area (Å²) in [7, 11) is 1.63. The van der Waals surface area contributed by atoms with E-state index < -0.39 is 35.2 Å². The lowest BCUT2D eigenvalue weighted by atomic mass is 9.76. The van der Waals surface area contributed by atoms with Gasteiger partial charge in [0, 0.05) is 29.6 Å². The highest BCUT2D eigenvalue weighted by Gasteiger charge is 2.41. The number of ether oxygens (including phenoxy) is 2. The molecule has 40 heavy (non-hydrogen) atoms. The molecule has 3 aromatic carbocycles. The van der Waals surface area contributed by atoms with Gasteiger partial charge in [0.1, 0.15) is 12.0 Å². The summed E-state index contributed by atoms with van der Waals surface area (Å²) >= 11 is 0. The molecule has 10 nitrogen and oxygen atoms in total. The van der Waals surface area contributed by atoms with E-state index in [2.05, 4.69) is 44.6 Å². The third kappa shape index (κ3) is 5.15. The van der Waals surface area contributed by atoms with E-state index in [0.29, 0.717) is 12.1 Å². The minimum Gasteiger partial charge on any atom is -0.497 e. The molecule has 0 radical (unpaired) electrons. The van der Waals surface area contributed by atoms with Gasteiger partial charge in [0.2, 0.25) is 0 Å². The smallest absolute Gasteiger partial charge is 0.330 e. The topological polar surface area (TPSA) is 134 Å². The van der Waals surface area contributed by atoms with Gasteiger partial charge in [-0.2, -0.15) is 0 Å². The minimum absolute atomic E-state index is 0.286. The first-order valence-electron chi connectivity index (χ1n) is 13.0. The Morgan fingerprint density at radius 2 is 1.62 bits per heavy atom. The van der Waals surface area contributed by atoms with Crippen LogP contribution in [-0.4, -0.2) is 35.4 Å². The van der Waals surface area contributed by atoms with E-state index in [1.54, 1.807) is 14.0 Å². The standard InChI is InChI=1S/C30H30N6O4/c1-20-19-36(29(38)33-28(20)37)27-17-25(34-35-31)26(40-27)18-32-30(21-9-5-3-6-10-21,22-11-7-4-8-12-22)23-13-15-24(39-2)16-14-23/h3-16,19,25-27,32H,17-18H2,1-2H3,(H,33,37,38)/t25-,26+,27+/m0/s1. The van der Waals surface area contributed by atoms with Crippen molar-refractivity contribution in [3.63, 3.8) is 0 Å². The highest BCUT2D eigenvalue weighted by atomic mass is 16.5. The zero-order chi connectivity index (χ0) is 28.1. The maximum atomic E-state index is 12.6. The highest BCUT2D eigenvalue weighted by molar-refractivity contribution is 5.50. The number of azide groups is 1. The second-order valence-corrected chi connectivity index (χ2v) is 9.71. The zero-order valence-electron chi connectivity index (χ0n) is 22.2. The summed E-state index contributed by atoms with van der Waals surface area (Å²) in [5.74, 6) is 0.741. The lowest BCUT2D eigenvalue weighted by Crippen LogP contribution is -2.49. The SMILES string of the molecule is COc1ccc(C(NC[C@H]2O[C@@H](n3cc(C)c(=O)[nH]c3=O)C[C@@H]2N=[N+]=[N-])(c2ccccc2)c2ccccc2)cc1. The molecule has 1 saturated heterocycles. The van der Waals surface area contributed by atoms with Gasteiger partial charge in [-0.3, -0.25) is 19.7 Å². The molecule has 3 atom stereocenters. The number of hydrogen-bond acceptors (Lipinski definition) is 6. The van der Waals surface area contributed by atoms with Crippen molar-refractivity contribution >= 4 is 0 Å². The molecule has 0 saturated carbocycles. The molecule has 1 aromatic heterocycles. The molecular formula is C30H30N6O4.